The van der Waals surface area contributed by atoms with Crippen LogP contribution in [0.1, 0.15) is 26.7 Å². The van der Waals surface area contributed by atoms with E-state index in [0.717, 1.165) is 32.1 Å². The zero-order chi connectivity index (χ0) is 14.1. The monoisotopic (exact) mass is 267 g/mol. The van der Waals surface area contributed by atoms with Gasteiger partial charge >= 0.3 is 0 Å². The van der Waals surface area contributed by atoms with Crippen LogP contribution in [0.25, 0.3) is 0 Å². The van der Waals surface area contributed by atoms with E-state index in [2.05, 4.69) is 36.0 Å². The highest BCUT2D eigenvalue weighted by molar-refractivity contribution is 5.78. The fourth-order valence-electron chi connectivity index (χ4n) is 2.37. The van der Waals surface area contributed by atoms with Gasteiger partial charge in [-0.15, -0.1) is 6.58 Å². The van der Waals surface area contributed by atoms with E-state index in [1.165, 1.54) is 12.8 Å². The number of nitrogens with one attached hydrogen (secondary N) is 2. The van der Waals surface area contributed by atoms with E-state index in [1.807, 2.05) is 0 Å². The van der Waals surface area contributed by atoms with Crippen LogP contribution in [0.2, 0.25) is 0 Å². The Morgan fingerprint density at radius 1 is 1.42 bits per heavy atom. The maximum Gasteiger partial charge on any atom is 0.234 e. The van der Waals surface area contributed by atoms with Gasteiger partial charge in [-0.2, -0.15) is 0 Å². The lowest BCUT2D eigenvalue weighted by atomic mass is 9.96. The summed E-state index contributed by atoms with van der Waals surface area (Å²) in [5, 5.41) is 6.36. The molecule has 0 radical (unpaired) electrons. The summed E-state index contributed by atoms with van der Waals surface area (Å²) in [6, 6.07) is 0. The molecule has 1 heterocycles. The quantitative estimate of drug-likeness (QED) is 0.651. The van der Waals surface area contributed by atoms with Crippen molar-refractivity contribution < 1.29 is 4.79 Å². The van der Waals surface area contributed by atoms with Crippen LogP contribution in [0.3, 0.4) is 0 Å². The zero-order valence-corrected chi connectivity index (χ0v) is 12.5. The second kappa shape index (κ2) is 9.10. The summed E-state index contributed by atoms with van der Waals surface area (Å²) in [5.41, 5.74) is 0. The van der Waals surface area contributed by atoms with E-state index in [-0.39, 0.29) is 5.91 Å². The third-order valence-corrected chi connectivity index (χ3v) is 3.50. The summed E-state index contributed by atoms with van der Waals surface area (Å²) < 4.78 is 0. The molecule has 0 atom stereocenters. The van der Waals surface area contributed by atoms with Crippen molar-refractivity contribution in [2.45, 2.75) is 26.7 Å². The summed E-state index contributed by atoms with van der Waals surface area (Å²) in [7, 11) is 0. The van der Waals surface area contributed by atoms with Gasteiger partial charge in [-0.3, -0.25) is 9.69 Å². The van der Waals surface area contributed by atoms with E-state index in [9.17, 15) is 4.79 Å². The molecule has 0 aromatic rings. The Bertz CT molecular complexity index is 271. The van der Waals surface area contributed by atoms with Crippen LogP contribution in [0.5, 0.6) is 0 Å². The number of carbonyl (C=O) groups excluding carboxylic acids is 1. The van der Waals surface area contributed by atoms with Gasteiger partial charge in [-0.1, -0.05) is 19.9 Å². The van der Waals surface area contributed by atoms with Crippen molar-refractivity contribution in [2.24, 2.45) is 11.8 Å². The van der Waals surface area contributed by atoms with Gasteiger partial charge in [0.1, 0.15) is 0 Å². The van der Waals surface area contributed by atoms with Crippen LogP contribution in [-0.4, -0.2) is 50.1 Å². The van der Waals surface area contributed by atoms with Crippen LogP contribution in [0.15, 0.2) is 12.7 Å². The average molecular weight is 267 g/mol. The van der Waals surface area contributed by atoms with Gasteiger partial charge in [0.05, 0.1) is 6.54 Å². The maximum atomic E-state index is 11.6. The minimum atomic E-state index is 0.108. The summed E-state index contributed by atoms with van der Waals surface area (Å²) in [5.74, 6) is 1.59. The van der Waals surface area contributed by atoms with Crippen molar-refractivity contribution in [1.82, 2.24) is 15.5 Å². The highest BCUT2D eigenvalue weighted by atomic mass is 16.2. The second-order valence-corrected chi connectivity index (χ2v) is 5.86. The first-order valence-electron chi connectivity index (χ1n) is 7.42. The molecule has 0 saturated carbocycles. The molecule has 0 aliphatic carbocycles. The van der Waals surface area contributed by atoms with Gasteiger partial charge in [0.2, 0.25) is 5.91 Å². The Morgan fingerprint density at radius 2 is 2.11 bits per heavy atom. The van der Waals surface area contributed by atoms with Gasteiger partial charge in [0, 0.05) is 6.54 Å². The minimum Gasteiger partial charge on any atom is -0.352 e. The number of likely N-dealkylation sites (tertiary alicyclic amines) is 1. The zero-order valence-electron chi connectivity index (χ0n) is 12.5. The normalized spacial score (nSPS) is 17.6. The first-order valence-corrected chi connectivity index (χ1v) is 7.42. The van der Waals surface area contributed by atoms with E-state index >= 15 is 0 Å². The predicted molar refractivity (Wildman–Crippen MR) is 80.1 cm³/mol. The van der Waals surface area contributed by atoms with Crippen molar-refractivity contribution in [3.8, 4) is 0 Å². The molecule has 0 aromatic carbocycles. The largest absolute Gasteiger partial charge is 0.352 e. The van der Waals surface area contributed by atoms with Crippen molar-refractivity contribution in [1.29, 1.82) is 0 Å². The fourth-order valence-corrected chi connectivity index (χ4v) is 2.37. The number of hydrogen-bond acceptors (Lipinski definition) is 3. The van der Waals surface area contributed by atoms with E-state index in [1.54, 1.807) is 6.08 Å². The second-order valence-electron chi connectivity index (χ2n) is 5.86. The highest BCUT2D eigenvalue weighted by Crippen LogP contribution is 2.15. The van der Waals surface area contributed by atoms with Crippen LogP contribution in [-0.2, 0) is 4.79 Å². The smallest absolute Gasteiger partial charge is 0.234 e. The lowest BCUT2D eigenvalue weighted by molar-refractivity contribution is -0.122. The van der Waals surface area contributed by atoms with Crippen LogP contribution in [0.4, 0.5) is 0 Å². The fraction of sp³-hybridized carbons (Fsp3) is 0.800. The van der Waals surface area contributed by atoms with Crippen molar-refractivity contribution in [3.63, 3.8) is 0 Å². The molecule has 4 heteroatoms. The van der Waals surface area contributed by atoms with E-state index in [0.29, 0.717) is 19.0 Å². The molecule has 1 amide bonds. The topological polar surface area (TPSA) is 44.4 Å². The Labute approximate surface area is 117 Å². The molecule has 2 N–H and O–H groups in total. The molecule has 1 aliphatic heterocycles. The molecule has 1 saturated heterocycles. The van der Waals surface area contributed by atoms with Crippen LogP contribution in [0, 0.1) is 11.8 Å². The van der Waals surface area contributed by atoms with Crippen molar-refractivity contribution in [2.75, 3.05) is 39.3 Å². The third-order valence-electron chi connectivity index (χ3n) is 3.50. The lowest BCUT2D eigenvalue weighted by Gasteiger charge is -2.31. The first-order chi connectivity index (χ1) is 9.11. The predicted octanol–water partition coefficient (Wildman–Crippen LogP) is 1.25. The number of amides is 1. The molecule has 1 fully saturated rings. The Hall–Kier alpha value is -0.870. The summed E-state index contributed by atoms with van der Waals surface area (Å²) in [6.07, 6.45) is 4.10. The Morgan fingerprint density at radius 3 is 2.68 bits per heavy atom. The Balaban J connectivity index is 2.11. The van der Waals surface area contributed by atoms with Crippen molar-refractivity contribution in [3.05, 3.63) is 12.7 Å². The van der Waals surface area contributed by atoms with Gasteiger partial charge in [-0.05, 0) is 50.9 Å². The molecular formula is C15H29N3O. The Kier molecular flexibility index (Phi) is 7.75. The van der Waals surface area contributed by atoms with Gasteiger partial charge in [-0.25, -0.2) is 0 Å². The molecule has 1 rings (SSSR count). The van der Waals surface area contributed by atoms with Gasteiger partial charge in [0.25, 0.3) is 0 Å². The molecule has 0 aromatic heterocycles. The van der Waals surface area contributed by atoms with Crippen LogP contribution < -0.4 is 10.6 Å². The van der Waals surface area contributed by atoms with Crippen molar-refractivity contribution >= 4 is 5.91 Å². The third kappa shape index (κ3) is 7.33. The van der Waals surface area contributed by atoms with Gasteiger partial charge < -0.3 is 10.6 Å². The number of hydrogen-bond donors (Lipinski definition) is 2. The van der Waals surface area contributed by atoms with E-state index < -0.39 is 0 Å². The molecule has 0 bridgehead atoms. The number of rotatable bonds is 8. The summed E-state index contributed by atoms with van der Waals surface area (Å²) in [6.45, 7) is 13.4. The minimum absolute atomic E-state index is 0.108. The molecule has 110 valence electrons. The number of piperidine rings is 1. The molecule has 4 nitrogen and oxygen atoms in total. The first kappa shape index (κ1) is 16.2. The molecule has 0 spiro atoms. The molecular weight excluding hydrogens is 238 g/mol. The van der Waals surface area contributed by atoms with Gasteiger partial charge in [0.15, 0.2) is 0 Å². The summed E-state index contributed by atoms with van der Waals surface area (Å²) >= 11 is 0. The SMILES string of the molecule is C=CCNC(=O)CN1CCC(CNCC(C)C)CC1. The molecule has 1 aliphatic rings. The summed E-state index contributed by atoms with van der Waals surface area (Å²) in [4.78, 5) is 13.8. The molecule has 0 unspecified atom stereocenters. The number of carbonyl (C=O) groups is 1. The average Bonchev–Trinajstić information content (AvgIpc) is 2.38. The maximum absolute atomic E-state index is 11.6. The lowest BCUT2D eigenvalue weighted by Crippen LogP contribution is -2.43. The standard InChI is InChI=1S/C15H29N3O/c1-4-7-17-15(19)12-18-8-5-14(6-9-18)11-16-10-13(2)3/h4,13-14,16H,1,5-12H2,2-3H3,(H,17,19). The van der Waals surface area contributed by atoms with Crippen LogP contribution >= 0.6 is 0 Å². The molecule has 19 heavy (non-hydrogen) atoms. The highest BCUT2D eigenvalue weighted by Gasteiger charge is 2.20. The number of nitrogens with zero attached hydrogens (tertiary/aromatic N) is 1. The van der Waals surface area contributed by atoms with E-state index in [4.69, 9.17) is 0 Å².